The molecule has 1 aromatic carbocycles. The van der Waals surface area contributed by atoms with Gasteiger partial charge in [0.2, 0.25) is 0 Å². The predicted molar refractivity (Wildman–Crippen MR) is 91.1 cm³/mol. The molecule has 1 aliphatic rings. The van der Waals surface area contributed by atoms with Crippen LogP contribution in [0.2, 0.25) is 0 Å². The van der Waals surface area contributed by atoms with Crippen molar-refractivity contribution in [1.29, 1.82) is 0 Å². The monoisotopic (exact) mass is 337 g/mol. The SMILES string of the molecule is CC(C)(C)c1ccccc1OCC(=O)NC1(C(=O)O)CCSC1. The van der Waals surface area contributed by atoms with E-state index in [2.05, 4.69) is 26.1 Å². The standard InChI is InChI=1S/C17H23NO4S/c1-16(2,3)12-6-4-5-7-13(12)22-10-14(19)18-17(15(20)21)8-9-23-11-17/h4-7H,8-11H2,1-3H3,(H,18,19)(H,20,21). The number of carbonyl (C=O) groups excluding carboxylic acids is 1. The van der Waals surface area contributed by atoms with E-state index in [0.717, 1.165) is 11.3 Å². The Morgan fingerprint density at radius 2 is 2.04 bits per heavy atom. The van der Waals surface area contributed by atoms with E-state index in [1.165, 1.54) is 11.8 Å². The molecule has 0 saturated carbocycles. The van der Waals surface area contributed by atoms with Gasteiger partial charge in [0.05, 0.1) is 0 Å². The second-order valence-corrected chi connectivity index (χ2v) is 7.88. The Bertz CT molecular complexity index is 589. The van der Waals surface area contributed by atoms with Gasteiger partial charge < -0.3 is 15.2 Å². The highest BCUT2D eigenvalue weighted by molar-refractivity contribution is 7.99. The summed E-state index contributed by atoms with van der Waals surface area (Å²) in [7, 11) is 0. The molecular weight excluding hydrogens is 314 g/mol. The minimum absolute atomic E-state index is 0.0998. The molecule has 0 spiro atoms. The molecule has 0 bridgehead atoms. The van der Waals surface area contributed by atoms with Gasteiger partial charge in [-0.15, -0.1) is 0 Å². The molecule has 2 N–H and O–H groups in total. The third kappa shape index (κ3) is 4.19. The van der Waals surface area contributed by atoms with Crippen molar-refractivity contribution in [3.63, 3.8) is 0 Å². The van der Waals surface area contributed by atoms with Gasteiger partial charge in [0, 0.05) is 5.75 Å². The molecule has 1 amide bonds. The van der Waals surface area contributed by atoms with E-state index in [1.807, 2.05) is 24.3 Å². The molecule has 6 heteroatoms. The van der Waals surface area contributed by atoms with Crippen molar-refractivity contribution in [3.8, 4) is 5.75 Å². The van der Waals surface area contributed by atoms with Crippen LogP contribution < -0.4 is 10.1 Å². The number of ether oxygens (including phenoxy) is 1. The summed E-state index contributed by atoms with van der Waals surface area (Å²) in [5.74, 6) is 0.400. The van der Waals surface area contributed by atoms with E-state index in [9.17, 15) is 14.7 Å². The van der Waals surface area contributed by atoms with Crippen LogP contribution in [-0.2, 0) is 15.0 Å². The highest BCUT2D eigenvalue weighted by Crippen LogP contribution is 2.31. The van der Waals surface area contributed by atoms with Crippen LogP contribution in [0.1, 0.15) is 32.8 Å². The summed E-state index contributed by atoms with van der Waals surface area (Å²) in [4.78, 5) is 23.6. The number of amides is 1. The van der Waals surface area contributed by atoms with Gasteiger partial charge in [-0.2, -0.15) is 11.8 Å². The number of carboxylic acids is 1. The fourth-order valence-electron chi connectivity index (χ4n) is 2.54. The molecule has 23 heavy (non-hydrogen) atoms. The molecule has 1 unspecified atom stereocenters. The van der Waals surface area contributed by atoms with Crippen LogP contribution in [-0.4, -0.2) is 40.6 Å². The maximum atomic E-state index is 12.1. The Morgan fingerprint density at radius 1 is 1.35 bits per heavy atom. The van der Waals surface area contributed by atoms with Gasteiger partial charge in [0.15, 0.2) is 6.61 Å². The molecular formula is C17H23NO4S. The normalized spacial score (nSPS) is 21.0. The third-order valence-corrected chi connectivity index (χ3v) is 5.05. The van der Waals surface area contributed by atoms with Crippen molar-refractivity contribution in [2.75, 3.05) is 18.1 Å². The summed E-state index contributed by atoms with van der Waals surface area (Å²) in [6, 6.07) is 7.59. The molecule has 2 rings (SSSR count). The predicted octanol–water partition coefficient (Wildman–Crippen LogP) is 2.44. The molecule has 5 nitrogen and oxygen atoms in total. The molecule has 1 atom stereocenters. The number of para-hydroxylation sites is 1. The Morgan fingerprint density at radius 3 is 2.61 bits per heavy atom. The molecule has 126 valence electrons. The molecule has 1 fully saturated rings. The average molecular weight is 337 g/mol. The quantitative estimate of drug-likeness (QED) is 0.863. The van der Waals surface area contributed by atoms with Gasteiger partial charge in [-0.3, -0.25) is 4.79 Å². The zero-order valence-electron chi connectivity index (χ0n) is 13.7. The number of carbonyl (C=O) groups is 2. The van der Waals surface area contributed by atoms with E-state index < -0.39 is 17.4 Å². The van der Waals surface area contributed by atoms with Gasteiger partial charge in [0.1, 0.15) is 11.3 Å². The van der Waals surface area contributed by atoms with Crippen LogP contribution in [0.4, 0.5) is 0 Å². The Labute approximate surface area is 140 Å². The van der Waals surface area contributed by atoms with Crippen LogP contribution in [0.3, 0.4) is 0 Å². The van der Waals surface area contributed by atoms with Crippen molar-refractivity contribution >= 4 is 23.6 Å². The molecule has 0 radical (unpaired) electrons. The van der Waals surface area contributed by atoms with Crippen molar-refractivity contribution in [1.82, 2.24) is 5.32 Å². The first-order valence-electron chi connectivity index (χ1n) is 7.59. The van der Waals surface area contributed by atoms with Gasteiger partial charge in [-0.1, -0.05) is 39.0 Å². The molecule has 1 aliphatic heterocycles. The van der Waals surface area contributed by atoms with Gasteiger partial charge in [0.25, 0.3) is 5.91 Å². The van der Waals surface area contributed by atoms with Crippen molar-refractivity contribution in [2.45, 2.75) is 38.1 Å². The number of aliphatic carboxylic acids is 1. The van der Waals surface area contributed by atoms with Gasteiger partial charge in [-0.25, -0.2) is 4.79 Å². The second kappa shape index (κ2) is 6.83. The first-order valence-corrected chi connectivity index (χ1v) is 8.74. The van der Waals surface area contributed by atoms with Crippen molar-refractivity contribution < 1.29 is 19.4 Å². The topological polar surface area (TPSA) is 75.6 Å². The van der Waals surface area contributed by atoms with Crippen LogP contribution in [0, 0.1) is 0 Å². The molecule has 0 aromatic heterocycles. The first-order chi connectivity index (χ1) is 10.7. The number of nitrogens with one attached hydrogen (secondary N) is 1. The van der Waals surface area contributed by atoms with Crippen LogP contribution >= 0.6 is 11.8 Å². The van der Waals surface area contributed by atoms with Crippen LogP contribution in [0.15, 0.2) is 24.3 Å². The third-order valence-electron chi connectivity index (χ3n) is 3.86. The van der Waals surface area contributed by atoms with Gasteiger partial charge in [-0.05, 0) is 29.2 Å². The van der Waals surface area contributed by atoms with E-state index >= 15 is 0 Å². The fourth-order valence-corrected chi connectivity index (χ4v) is 3.87. The Kier molecular flexibility index (Phi) is 5.24. The maximum absolute atomic E-state index is 12.1. The largest absolute Gasteiger partial charge is 0.483 e. The zero-order chi connectivity index (χ0) is 17.1. The minimum Gasteiger partial charge on any atom is -0.483 e. The highest BCUT2D eigenvalue weighted by atomic mass is 32.2. The lowest BCUT2D eigenvalue weighted by Gasteiger charge is -2.25. The summed E-state index contributed by atoms with van der Waals surface area (Å²) in [5, 5.41) is 12.0. The zero-order valence-corrected chi connectivity index (χ0v) is 14.5. The number of rotatable bonds is 5. The minimum atomic E-state index is -1.16. The summed E-state index contributed by atoms with van der Waals surface area (Å²) >= 11 is 1.54. The summed E-state index contributed by atoms with van der Waals surface area (Å²) in [6.45, 7) is 6.03. The molecule has 1 heterocycles. The van der Waals surface area contributed by atoms with Crippen molar-refractivity contribution in [3.05, 3.63) is 29.8 Å². The average Bonchev–Trinajstić information content (AvgIpc) is 2.94. The molecule has 1 saturated heterocycles. The van der Waals surface area contributed by atoms with Gasteiger partial charge >= 0.3 is 5.97 Å². The lowest BCUT2D eigenvalue weighted by molar-refractivity contribution is -0.146. The number of thioether (sulfide) groups is 1. The smallest absolute Gasteiger partial charge is 0.330 e. The van der Waals surface area contributed by atoms with E-state index in [0.29, 0.717) is 17.9 Å². The van der Waals surface area contributed by atoms with E-state index in [-0.39, 0.29) is 12.0 Å². The summed E-state index contributed by atoms with van der Waals surface area (Å²) in [6.07, 6.45) is 0.442. The maximum Gasteiger partial charge on any atom is 0.330 e. The lowest BCUT2D eigenvalue weighted by atomic mass is 9.86. The van der Waals surface area contributed by atoms with E-state index in [1.54, 1.807) is 0 Å². The summed E-state index contributed by atoms with van der Waals surface area (Å²) in [5.41, 5.74) is -0.247. The van der Waals surface area contributed by atoms with Crippen LogP contribution in [0.5, 0.6) is 5.75 Å². The second-order valence-electron chi connectivity index (χ2n) is 6.77. The number of benzene rings is 1. The number of carboxylic acid groups (broad SMARTS) is 1. The van der Waals surface area contributed by atoms with Crippen LogP contribution in [0.25, 0.3) is 0 Å². The molecule has 1 aromatic rings. The number of hydrogen-bond donors (Lipinski definition) is 2. The fraction of sp³-hybridized carbons (Fsp3) is 0.529. The molecule has 0 aliphatic carbocycles. The Balaban J connectivity index is 2.02. The first kappa shape index (κ1) is 17.7. The van der Waals surface area contributed by atoms with Crippen molar-refractivity contribution in [2.24, 2.45) is 0 Å². The lowest BCUT2D eigenvalue weighted by Crippen LogP contribution is -2.55. The Hall–Kier alpha value is -1.69. The highest BCUT2D eigenvalue weighted by Gasteiger charge is 2.43. The number of hydrogen-bond acceptors (Lipinski definition) is 4. The summed E-state index contributed by atoms with van der Waals surface area (Å²) < 4.78 is 5.65. The van der Waals surface area contributed by atoms with E-state index in [4.69, 9.17) is 4.74 Å².